The molecule has 0 aromatic heterocycles. The van der Waals surface area contributed by atoms with E-state index >= 15 is 0 Å². The molecule has 124 valence electrons. The number of hydrogen-bond donors (Lipinski definition) is 3. The van der Waals surface area contributed by atoms with Gasteiger partial charge in [0.1, 0.15) is 11.6 Å². The predicted molar refractivity (Wildman–Crippen MR) is 80.1 cm³/mol. The highest BCUT2D eigenvalue weighted by molar-refractivity contribution is 6.21. The van der Waals surface area contributed by atoms with Gasteiger partial charge in [-0.3, -0.25) is 0 Å². The molecule has 1 rings (SSSR count). The fourth-order valence-electron chi connectivity index (χ4n) is 2.11. The van der Waals surface area contributed by atoms with E-state index in [-0.39, 0.29) is 12.0 Å². The first-order valence-corrected chi connectivity index (χ1v) is 7.21. The molecule has 4 nitrogen and oxygen atoms in total. The molecule has 0 fully saturated rings. The predicted octanol–water partition coefficient (Wildman–Crippen LogP) is 3.16. The lowest BCUT2D eigenvalue weighted by Gasteiger charge is -2.34. The highest BCUT2D eigenvalue weighted by atomic mass is 35.5. The smallest absolute Gasteiger partial charge is 0.404 e. The molecule has 0 bridgehead atoms. The monoisotopic (exact) mass is 335 g/mol. The van der Waals surface area contributed by atoms with Gasteiger partial charge in [0.15, 0.2) is 0 Å². The molecular weight excluding hydrogens is 316 g/mol. The Hall–Kier alpha value is -1.40. The zero-order chi connectivity index (χ0) is 17.1. The van der Waals surface area contributed by atoms with Gasteiger partial charge in [-0.25, -0.2) is 13.6 Å². The van der Waals surface area contributed by atoms with Gasteiger partial charge in [-0.2, -0.15) is 0 Å². The summed E-state index contributed by atoms with van der Waals surface area (Å²) in [4.78, 5) is 10.9. The molecule has 3 atom stereocenters. The Morgan fingerprint density at radius 3 is 2.18 bits per heavy atom. The van der Waals surface area contributed by atoms with E-state index in [9.17, 15) is 18.7 Å². The molecule has 1 aromatic rings. The van der Waals surface area contributed by atoms with Crippen molar-refractivity contribution in [3.8, 4) is 0 Å². The quantitative estimate of drug-likeness (QED) is 0.724. The van der Waals surface area contributed by atoms with Gasteiger partial charge < -0.3 is 15.5 Å². The highest BCUT2D eigenvalue weighted by Crippen LogP contribution is 2.29. The number of carbonyl (C=O) groups is 1. The number of benzene rings is 1. The van der Waals surface area contributed by atoms with Crippen LogP contribution in [0.25, 0.3) is 0 Å². The molecule has 1 amide bonds. The minimum absolute atomic E-state index is 0.0819. The summed E-state index contributed by atoms with van der Waals surface area (Å²) < 4.78 is 26.4. The highest BCUT2D eigenvalue weighted by Gasteiger charge is 2.35. The maximum Gasteiger partial charge on any atom is 0.404 e. The Morgan fingerprint density at radius 2 is 1.77 bits per heavy atom. The Balaban J connectivity index is 3.00. The lowest BCUT2D eigenvalue weighted by Crippen LogP contribution is -2.51. The van der Waals surface area contributed by atoms with Gasteiger partial charge in [-0.1, -0.05) is 20.8 Å². The molecule has 0 saturated carbocycles. The molecule has 0 radical (unpaired) electrons. The van der Waals surface area contributed by atoms with Gasteiger partial charge in [0.05, 0.1) is 17.5 Å². The van der Waals surface area contributed by atoms with Crippen LogP contribution in [0.5, 0.6) is 0 Å². The van der Waals surface area contributed by atoms with Crippen LogP contribution in [0.2, 0.25) is 0 Å². The van der Waals surface area contributed by atoms with Crippen LogP contribution < -0.4 is 5.32 Å². The van der Waals surface area contributed by atoms with E-state index in [1.165, 1.54) is 0 Å². The van der Waals surface area contributed by atoms with Crippen LogP contribution in [-0.2, 0) is 6.42 Å². The Bertz CT molecular complexity index is 514. The maximum absolute atomic E-state index is 13.2. The van der Waals surface area contributed by atoms with Crippen LogP contribution in [0.3, 0.4) is 0 Å². The minimum Gasteiger partial charge on any atom is -0.465 e. The van der Waals surface area contributed by atoms with Gasteiger partial charge in [-0.05, 0) is 29.5 Å². The Morgan fingerprint density at radius 1 is 1.27 bits per heavy atom. The van der Waals surface area contributed by atoms with Crippen LogP contribution in [-0.4, -0.2) is 33.8 Å². The summed E-state index contributed by atoms with van der Waals surface area (Å²) in [6.45, 7) is 5.40. The molecule has 0 aliphatic heterocycles. The maximum atomic E-state index is 13.2. The van der Waals surface area contributed by atoms with E-state index in [0.29, 0.717) is 0 Å². The van der Waals surface area contributed by atoms with E-state index in [2.05, 4.69) is 5.32 Å². The lowest BCUT2D eigenvalue weighted by atomic mass is 9.84. The summed E-state index contributed by atoms with van der Waals surface area (Å²) in [5.74, 6) is -1.53. The third-order valence-electron chi connectivity index (χ3n) is 3.23. The van der Waals surface area contributed by atoms with Crippen molar-refractivity contribution < 1.29 is 23.8 Å². The normalized spacial score (nSPS) is 16.0. The first-order chi connectivity index (χ1) is 10.0. The van der Waals surface area contributed by atoms with E-state index in [1.54, 1.807) is 20.8 Å². The van der Waals surface area contributed by atoms with Crippen molar-refractivity contribution in [2.45, 2.75) is 44.7 Å². The second-order valence-electron chi connectivity index (χ2n) is 6.30. The number of carboxylic acid groups (broad SMARTS) is 1. The number of rotatable bonds is 5. The SMILES string of the molecule is CC(C)(C)C(Cl)[C@@H](O)[C@H](Cc1cc(F)cc(F)c1)NC(=O)O. The topological polar surface area (TPSA) is 69.6 Å². The molecule has 0 aliphatic rings. The zero-order valence-electron chi connectivity index (χ0n) is 12.6. The molecule has 0 spiro atoms. The first-order valence-electron chi connectivity index (χ1n) is 6.77. The van der Waals surface area contributed by atoms with Gasteiger partial charge in [0.2, 0.25) is 0 Å². The molecule has 7 heteroatoms. The molecule has 0 saturated heterocycles. The Kier molecular flexibility index (Phi) is 6.14. The fraction of sp³-hybridized carbons (Fsp3) is 0.533. The van der Waals surface area contributed by atoms with Crippen molar-refractivity contribution >= 4 is 17.7 Å². The van der Waals surface area contributed by atoms with Crippen LogP contribution in [0.4, 0.5) is 13.6 Å². The molecular formula is C15H20ClF2NO3. The van der Waals surface area contributed by atoms with Gasteiger partial charge in [0.25, 0.3) is 0 Å². The number of nitrogens with one attached hydrogen (secondary N) is 1. The summed E-state index contributed by atoms with van der Waals surface area (Å²) in [6.07, 6.45) is -2.65. The number of alkyl halides is 1. The van der Waals surface area contributed by atoms with Crippen molar-refractivity contribution in [3.05, 3.63) is 35.4 Å². The van der Waals surface area contributed by atoms with Crippen molar-refractivity contribution in [1.82, 2.24) is 5.32 Å². The average molecular weight is 336 g/mol. The third-order valence-corrected chi connectivity index (χ3v) is 4.14. The largest absolute Gasteiger partial charge is 0.465 e. The zero-order valence-corrected chi connectivity index (χ0v) is 13.4. The van der Waals surface area contributed by atoms with E-state index < -0.39 is 40.7 Å². The van der Waals surface area contributed by atoms with Crippen molar-refractivity contribution in [3.63, 3.8) is 0 Å². The van der Waals surface area contributed by atoms with E-state index in [1.807, 2.05) is 0 Å². The second kappa shape index (κ2) is 7.24. The number of halogens is 3. The third kappa shape index (κ3) is 5.42. The number of hydrogen-bond acceptors (Lipinski definition) is 2. The summed E-state index contributed by atoms with van der Waals surface area (Å²) in [5.41, 5.74) is -0.250. The second-order valence-corrected chi connectivity index (χ2v) is 6.77. The van der Waals surface area contributed by atoms with Gasteiger partial charge in [-0.15, -0.1) is 11.6 Å². The summed E-state index contributed by atoms with van der Waals surface area (Å²) in [5, 5.41) is 20.6. The summed E-state index contributed by atoms with van der Waals surface area (Å²) in [7, 11) is 0. The van der Waals surface area contributed by atoms with Crippen molar-refractivity contribution in [2.24, 2.45) is 5.41 Å². The molecule has 0 aliphatic carbocycles. The number of aliphatic hydroxyl groups is 1. The molecule has 1 aromatic carbocycles. The lowest BCUT2D eigenvalue weighted by molar-refractivity contribution is 0.0856. The summed E-state index contributed by atoms with van der Waals surface area (Å²) >= 11 is 6.18. The van der Waals surface area contributed by atoms with E-state index in [0.717, 1.165) is 18.2 Å². The van der Waals surface area contributed by atoms with Crippen molar-refractivity contribution in [1.29, 1.82) is 0 Å². The molecule has 1 unspecified atom stereocenters. The molecule has 0 heterocycles. The standard InChI is InChI=1S/C15H20ClF2NO3/c1-15(2,3)13(16)12(20)11(19-14(21)22)6-8-4-9(17)7-10(18)5-8/h4-5,7,11-13,19-20H,6H2,1-3H3,(H,21,22)/t11-,12-,13?/m0/s1. The van der Waals surface area contributed by atoms with Gasteiger partial charge >= 0.3 is 6.09 Å². The minimum atomic E-state index is -1.35. The molecule has 22 heavy (non-hydrogen) atoms. The van der Waals surface area contributed by atoms with Crippen LogP contribution in [0, 0.1) is 17.0 Å². The van der Waals surface area contributed by atoms with Crippen LogP contribution >= 0.6 is 11.6 Å². The number of aliphatic hydroxyl groups excluding tert-OH is 1. The average Bonchev–Trinajstić information content (AvgIpc) is 2.33. The molecule has 3 N–H and O–H groups in total. The summed E-state index contributed by atoms with van der Waals surface area (Å²) in [6, 6.07) is 1.92. The number of amides is 1. The first kappa shape index (κ1) is 18.6. The Labute approximate surface area is 133 Å². The van der Waals surface area contributed by atoms with Crippen LogP contribution in [0.15, 0.2) is 18.2 Å². The van der Waals surface area contributed by atoms with Crippen molar-refractivity contribution in [2.75, 3.05) is 0 Å². The van der Waals surface area contributed by atoms with Crippen LogP contribution in [0.1, 0.15) is 26.3 Å². The fourth-order valence-corrected chi connectivity index (χ4v) is 2.29. The van der Waals surface area contributed by atoms with E-state index in [4.69, 9.17) is 16.7 Å². The van der Waals surface area contributed by atoms with Gasteiger partial charge in [0, 0.05) is 6.07 Å².